The summed E-state index contributed by atoms with van der Waals surface area (Å²) in [5.74, 6) is 0.999. The molecule has 4 rings (SSSR count). The number of aromatic nitrogens is 1. The Kier molecular flexibility index (Phi) is 2.60. The van der Waals surface area contributed by atoms with Crippen LogP contribution in [0.4, 0.5) is 5.82 Å². The smallest absolute Gasteiger partial charge is 0.231 e. The Hall–Kier alpha value is -1.34. The fourth-order valence-corrected chi connectivity index (χ4v) is 4.01. The molecule has 110 valence electrons. The number of nitrogens with zero attached hydrogens (tertiary/aromatic N) is 1. The first kappa shape index (κ1) is 13.3. The van der Waals surface area contributed by atoms with Gasteiger partial charge in [-0.05, 0) is 37.0 Å². The molecule has 2 aliphatic rings. The summed E-state index contributed by atoms with van der Waals surface area (Å²) in [7, 11) is -3.36. The van der Waals surface area contributed by atoms with Crippen LogP contribution < -0.4 is 4.72 Å². The Bertz CT molecular complexity index is 853. The Labute approximate surface area is 130 Å². The van der Waals surface area contributed by atoms with Crippen molar-refractivity contribution in [3.63, 3.8) is 0 Å². The molecule has 0 radical (unpaired) electrons. The van der Waals surface area contributed by atoms with Crippen molar-refractivity contribution >= 4 is 31.8 Å². The van der Waals surface area contributed by atoms with Crippen LogP contribution in [-0.2, 0) is 21.9 Å². The molecule has 0 saturated heterocycles. The second kappa shape index (κ2) is 4.10. The van der Waals surface area contributed by atoms with Gasteiger partial charge in [-0.1, -0.05) is 27.2 Å². The van der Waals surface area contributed by atoms with E-state index in [1.807, 2.05) is 12.1 Å². The van der Waals surface area contributed by atoms with Gasteiger partial charge in [0.25, 0.3) is 0 Å². The highest BCUT2D eigenvalue weighted by molar-refractivity contribution is 9.10. The molecule has 1 saturated carbocycles. The lowest BCUT2D eigenvalue weighted by Crippen LogP contribution is -2.19. The van der Waals surface area contributed by atoms with E-state index >= 15 is 0 Å². The number of halogens is 1. The Balaban J connectivity index is 1.91. The number of hydrogen-bond acceptors (Lipinski definition) is 4. The third kappa shape index (κ3) is 2.10. The summed E-state index contributed by atoms with van der Waals surface area (Å²) in [6.07, 6.45) is 4.13. The van der Waals surface area contributed by atoms with Crippen LogP contribution >= 0.6 is 15.9 Å². The first-order chi connectivity index (χ1) is 9.88. The molecule has 0 unspecified atom stereocenters. The van der Waals surface area contributed by atoms with Crippen molar-refractivity contribution < 1.29 is 12.9 Å². The highest BCUT2D eigenvalue weighted by Gasteiger charge is 2.50. The van der Waals surface area contributed by atoms with E-state index in [0.29, 0.717) is 11.6 Å². The predicted molar refractivity (Wildman–Crippen MR) is 82.7 cm³/mol. The molecule has 0 amide bonds. The minimum atomic E-state index is -3.36. The summed E-state index contributed by atoms with van der Waals surface area (Å²) in [6, 6.07) is 6.18. The molecule has 0 bridgehead atoms. The van der Waals surface area contributed by atoms with E-state index in [9.17, 15) is 8.42 Å². The number of benzene rings is 1. The van der Waals surface area contributed by atoms with E-state index in [1.165, 1.54) is 5.56 Å². The normalized spacial score (nSPS) is 18.2. The van der Waals surface area contributed by atoms with Gasteiger partial charge in [-0.3, -0.25) is 4.72 Å². The lowest BCUT2D eigenvalue weighted by Gasteiger charge is -2.24. The zero-order valence-electron chi connectivity index (χ0n) is 11.3. The second-order valence-electron chi connectivity index (χ2n) is 5.86. The maximum absolute atomic E-state index is 11.5. The molecule has 1 heterocycles. The van der Waals surface area contributed by atoms with Gasteiger partial charge in [0, 0.05) is 21.0 Å². The predicted octanol–water partition coefficient (Wildman–Crippen LogP) is 3.06. The molecule has 2 aliphatic carbocycles. The number of fused-ring (bicyclic) bond motifs is 4. The lowest BCUT2D eigenvalue weighted by atomic mass is 9.79. The highest BCUT2D eigenvalue weighted by Crippen LogP contribution is 2.58. The Morgan fingerprint density at radius 2 is 2.14 bits per heavy atom. The van der Waals surface area contributed by atoms with E-state index < -0.39 is 10.0 Å². The molecular weight excluding hydrogens is 356 g/mol. The molecule has 1 N–H and O–H groups in total. The van der Waals surface area contributed by atoms with E-state index in [1.54, 1.807) is 0 Å². The van der Waals surface area contributed by atoms with Crippen LogP contribution in [0, 0.1) is 0 Å². The van der Waals surface area contributed by atoms with Crippen LogP contribution in [0.2, 0.25) is 0 Å². The van der Waals surface area contributed by atoms with Crippen molar-refractivity contribution in [2.75, 3.05) is 11.0 Å². The minimum Gasteiger partial charge on any atom is -0.354 e. The summed E-state index contributed by atoms with van der Waals surface area (Å²) in [5, 5.41) is 3.92. The fourth-order valence-electron chi connectivity index (χ4n) is 3.14. The largest absolute Gasteiger partial charge is 0.354 e. The molecule has 1 aromatic carbocycles. The second-order valence-corrected chi connectivity index (χ2v) is 8.52. The zero-order valence-corrected chi connectivity index (χ0v) is 13.7. The maximum atomic E-state index is 11.5. The van der Waals surface area contributed by atoms with Gasteiger partial charge in [0.05, 0.1) is 6.26 Å². The SMILES string of the molecule is CS(=O)(=O)Nc1noc2c1CC1(CC1)c1ccc(Br)cc1-2. The molecular formula is C14H13BrN2O3S. The minimum absolute atomic E-state index is 0.127. The molecule has 0 atom stereocenters. The fraction of sp³-hybridized carbons (Fsp3) is 0.357. The molecule has 2 aromatic rings. The van der Waals surface area contributed by atoms with Crippen LogP contribution in [-0.4, -0.2) is 19.8 Å². The maximum Gasteiger partial charge on any atom is 0.231 e. The number of anilines is 1. The molecule has 5 nitrogen and oxygen atoms in total. The Morgan fingerprint density at radius 3 is 2.81 bits per heavy atom. The van der Waals surface area contributed by atoms with Crippen LogP contribution in [0.1, 0.15) is 24.0 Å². The van der Waals surface area contributed by atoms with E-state index in [4.69, 9.17) is 4.52 Å². The average Bonchev–Trinajstić information content (AvgIpc) is 3.04. The monoisotopic (exact) mass is 368 g/mol. The number of rotatable bonds is 2. The average molecular weight is 369 g/mol. The quantitative estimate of drug-likeness (QED) is 0.883. The van der Waals surface area contributed by atoms with Crippen molar-refractivity contribution in [2.24, 2.45) is 0 Å². The first-order valence-electron chi connectivity index (χ1n) is 6.65. The van der Waals surface area contributed by atoms with Gasteiger partial charge in [0.15, 0.2) is 11.6 Å². The van der Waals surface area contributed by atoms with Crippen molar-refractivity contribution in [3.05, 3.63) is 33.8 Å². The van der Waals surface area contributed by atoms with Gasteiger partial charge in [-0.2, -0.15) is 0 Å². The van der Waals surface area contributed by atoms with Crippen LogP contribution in [0.5, 0.6) is 0 Å². The van der Waals surface area contributed by atoms with Crippen molar-refractivity contribution in [1.29, 1.82) is 0 Å². The van der Waals surface area contributed by atoms with Crippen LogP contribution in [0.15, 0.2) is 27.2 Å². The first-order valence-corrected chi connectivity index (χ1v) is 9.33. The third-order valence-corrected chi connectivity index (χ3v) is 5.29. The van der Waals surface area contributed by atoms with E-state index in [2.05, 4.69) is 31.9 Å². The van der Waals surface area contributed by atoms with Gasteiger partial charge in [-0.15, -0.1) is 0 Å². The van der Waals surface area contributed by atoms with Gasteiger partial charge in [-0.25, -0.2) is 8.42 Å². The van der Waals surface area contributed by atoms with Crippen molar-refractivity contribution in [2.45, 2.75) is 24.7 Å². The van der Waals surface area contributed by atoms with Crippen LogP contribution in [0.3, 0.4) is 0 Å². The highest BCUT2D eigenvalue weighted by atomic mass is 79.9. The van der Waals surface area contributed by atoms with E-state index in [0.717, 1.165) is 41.1 Å². The van der Waals surface area contributed by atoms with Crippen LogP contribution in [0.25, 0.3) is 11.3 Å². The van der Waals surface area contributed by atoms with E-state index in [-0.39, 0.29) is 5.41 Å². The van der Waals surface area contributed by atoms with Crippen molar-refractivity contribution in [3.8, 4) is 11.3 Å². The summed E-state index contributed by atoms with van der Waals surface area (Å²) in [4.78, 5) is 0. The summed E-state index contributed by atoms with van der Waals surface area (Å²) >= 11 is 3.48. The Morgan fingerprint density at radius 1 is 1.38 bits per heavy atom. The molecule has 1 aromatic heterocycles. The summed E-state index contributed by atoms with van der Waals surface area (Å²) in [6.45, 7) is 0. The molecule has 1 spiro atoms. The summed E-state index contributed by atoms with van der Waals surface area (Å²) in [5.41, 5.74) is 3.28. The lowest BCUT2D eigenvalue weighted by molar-refractivity contribution is 0.431. The third-order valence-electron chi connectivity index (χ3n) is 4.24. The van der Waals surface area contributed by atoms with Gasteiger partial charge in [0.1, 0.15) is 0 Å². The number of sulfonamides is 1. The molecule has 0 aliphatic heterocycles. The number of nitrogens with one attached hydrogen (secondary N) is 1. The zero-order chi connectivity index (χ0) is 14.8. The molecule has 21 heavy (non-hydrogen) atoms. The summed E-state index contributed by atoms with van der Waals surface area (Å²) < 4.78 is 31.8. The van der Waals surface area contributed by atoms with Crippen molar-refractivity contribution in [1.82, 2.24) is 5.16 Å². The number of hydrogen-bond donors (Lipinski definition) is 1. The standard InChI is InChI=1S/C14H13BrN2O3S/c1-21(18,19)17-13-10-7-14(4-5-14)11-3-2-8(15)6-9(11)12(10)20-16-13/h2-3,6H,4-5,7H2,1H3,(H,16,17). The van der Waals surface area contributed by atoms with Gasteiger partial charge in [0.2, 0.25) is 10.0 Å². The van der Waals surface area contributed by atoms with Gasteiger partial charge >= 0.3 is 0 Å². The molecule has 7 heteroatoms. The van der Waals surface area contributed by atoms with Gasteiger partial charge < -0.3 is 4.52 Å². The molecule has 1 fully saturated rings. The topological polar surface area (TPSA) is 72.2 Å².